The van der Waals surface area contributed by atoms with Crippen LogP contribution >= 0.6 is 11.8 Å². The van der Waals surface area contributed by atoms with Crippen molar-refractivity contribution >= 4 is 17.7 Å². The van der Waals surface area contributed by atoms with E-state index in [1.807, 2.05) is 17.0 Å². The maximum atomic E-state index is 12.3. The molecule has 2 aliphatic heterocycles. The quantitative estimate of drug-likeness (QED) is 0.851. The Bertz CT molecular complexity index is 440. The van der Waals surface area contributed by atoms with Crippen LogP contribution in [0.5, 0.6) is 0 Å². The SMILES string of the molecule is O=C(CSc1ccncc1)N1CCC2CCC(C1)N2. The molecule has 5 heteroatoms. The lowest BCUT2D eigenvalue weighted by atomic mass is 10.1. The number of amides is 1. The number of nitrogens with zero attached hydrogens (tertiary/aromatic N) is 2. The Hall–Kier alpha value is -1.07. The first-order valence-corrected chi connectivity index (χ1v) is 7.86. The van der Waals surface area contributed by atoms with E-state index in [-0.39, 0.29) is 5.91 Å². The molecule has 2 unspecified atom stereocenters. The molecule has 1 amide bonds. The lowest BCUT2D eigenvalue weighted by molar-refractivity contribution is -0.128. The smallest absolute Gasteiger partial charge is 0.232 e. The molecule has 1 aromatic heterocycles. The predicted octanol–water partition coefficient (Wildman–Crippen LogP) is 1.53. The van der Waals surface area contributed by atoms with E-state index in [1.165, 1.54) is 12.8 Å². The average Bonchev–Trinajstić information content (AvgIpc) is 2.77. The van der Waals surface area contributed by atoms with Gasteiger partial charge < -0.3 is 10.2 Å². The number of aromatic nitrogens is 1. The summed E-state index contributed by atoms with van der Waals surface area (Å²) in [6.07, 6.45) is 7.12. The maximum absolute atomic E-state index is 12.3. The molecular weight excluding hydrogens is 258 g/mol. The highest BCUT2D eigenvalue weighted by molar-refractivity contribution is 8.00. The van der Waals surface area contributed by atoms with Gasteiger partial charge in [-0.1, -0.05) is 0 Å². The second kappa shape index (κ2) is 5.92. The van der Waals surface area contributed by atoms with Gasteiger partial charge in [0.1, 0.15) is 0 Å². The zero-order chi connectivity index (χ0) is 13.1. The number of thioether (sulfide) groups is 1. The van der Waals surface area contributed by atoms with Crippen molar-refractivity contribution in [3.63, 3.8) is 0 Å². The van der Waals surface area contributed by atoms with Crippen molar-refractivity contribution in [2.24, 2.45) is 0 Å². The highest BCUT2D eigenvalue weighted by Crippen LogP contribution is 2.22. The summed E-state index contributed by atoms with van der Waals surface area (Å²) in [5, 5.41) is 3.60. The second-order valence-corrected chi connectivity index (χ2v) is 6.29. The van der Waals surface area contributed by atoms with E-state index in [4.69, 9.17) is 0 Å². The summed E-state index contributed by atoms with van der Waals surface area (Å²) in [7, 11) is 0. The molecule has 3 heterocycles. The fraction of sp³-hybridized carbons (Fsp3) is 0.571. The van der Waals surface area contributed by atoms with Crippen LogP contribution in [-0.2, 0) is 4.79 Å². The molecule has 4 nitrogen and oxygen atoms in total. The zero-order valence-corrected chi connectivity index (χ0v) is 11.7. The Morgan fingerprint density at radius 2 is 2.11 bits per heavy atom. The molecule has 2 aliphatic rings. The van der Waals surface area contributed by atoms with Crippen LogP contribution in [0.25, 0.3) is 0 Å². The van der Waals surface area contributed by atoms with Crippen LogP contribution in [0.4, 0.5) is 0 Å². The monoisotopic (exact) mass is 277 g/mol. The number of hydrogen-bond donors (Lipinski definition) is 1. The van der Waals surface area contributed by atoms with E-state index in [0.29, 0.717) is 17.8 Å². The number of pyridine rings is 1. The number of fused-ring (bicyclic) bond motifs is 2. The van der Waals surface area contributed by atoms with Gasteiger partial charge in [-0.05, 0) is 31.4 Å². The fourth-order valence-corrected chi connectivity index (χ4v) is 3.63. The molecule has 0 radical (unpaired) electrons. The Labute approximate surface area is 118 Å². The van der Waals surface area contributed by atoms with Crippen LogP contribution in [0.15, 0.2) is 29.4 Å². The summed E-state index contributed by atoms with van der Waals surface area (Å²) in [5.74, 6) is 0.790. The van der Waals surface area contributed by atoms with E-state index in [2.05, 4.69) is 10.3 Å². The van der Waals surface area contributed by atoms with Crippen molar-refractivity contribution in [3.05, 3.63) is 24.5 Å². The van der Waals surface area contributed by atoms with E-state index in [9.17, 15) is 4.79 Å². The summed E-state index contributed by atoms with van der Waals surface area (Å²) in [4.78, 5) is 19.4. The summed E-state index contributed by atoms with van der Waals surface area (Å²) >= 11 is 1.60. The highest BCUT2D eigenvalue weighted by atomic mass is 32.2. The molecule has 0 saturated carbocycles. The molecule has 2 bridgehead atoms. The minimum absolute atomic E-state index is 0.260. The molecule has 102 valence electrons. The molecule has 2 atom stereocenters. The Kier molecular flexibility index (Phi) is 4.03. The third kappa shape index (κ3) is 3.28. The third-order valence-corrected chi connectivity index (χ3v) is 4.88. The summed E-state index contributed by atoms with van der Waals surface area (Å²) in [6, 6.07) is 5.05. The van der Waals surface area contributed by atoms with Gasteiger partial charge in [-0.15, -0.1) is 11.8 Å². The van der Waals surface area contributed by atoms with Crippen molar-refractivity contribution in [3.8, 4) is 0 Å². The third-order valence-electron chi connectivity index (χ3n) is 3.89. The van der Waals surface area contributed by atoms with Gasteiger partial charge in [-0.3, -0.25) is 9.78 Å². The van der Waals surface area contributed by atoms with Crippen molar-refractivity contribution in [2.75, 3.05) is 18.8 Å². The number of hydrogen-bond acceptors (Lipinski definition) is 4. The van der Waals surface area contributed by atoms with Gasteiger partial charge in [0, 0.05) is 42.5 Å². The second-order valence-electron chi connectivity index (χ2n) is 5.24. The minimum atomic E-state index is 0.260. The Morgan fingerprint density at radius 3 is 2.95 bits per heavy atom. The van der Waals surface area contributed by atoms with Gasteiger partial charge in [0.05, 0.1) is 5.75 Å². The standard InChI is InChI=1S/C14H19N3OS/c18-14(10-19-13-3-6-15-7-4-13)17-8-5-11-1-2-12(9-17)16-11/h3-4,6-7,11-12,16H,1-2,5,8-10H2. The van der Waals surface area contributed by atoms with Crippen molar-refractivity contribution in [1.29, 1.82) is 0 Å². The number of carbonyl (C=O) groups excluding carboxylic acids is 1. The number of rotatable bonds is 3. The van der Waals surface area contributed by atoms with Gasteiger partial charge in [0.25, 0.3) is 0 Å². The fourth-order valence-electron chi connectivity index (χ4n) is 2.84. The molecule has 3 rings (SSSR count). The molecule has 0 spiro atoms. The molecule has 2 saturated heterocycles. The molecule has 19 heavy (non-hydrogen) atoms. The van der Waals surface area contributed by atoms with Crippen LogP contribution in [0.3, 0.4) is 0 Å². The first-order chi connectivity index (χ1) is 9.31. The maximum Gasteiger partial charge on any atom is 0.232 e. The topological polar surface area (TPSA) is 45.2 Å². The van der Waals surface area contributed by atoms with Gasteiger partial charge in [-0.25, -0.2) is 0 Å². The minimum Gasteiger partial charge on any atom is -0.340 e. The molecule has 0 aliphatic carbocycles. The Morgan fingerprint density at radius 1 is 1.32 bits per heavy atom. The summed E-state index contributed by atoms with van der Waals surface area (Å²) in [5.41, 5.74) is 0. The summed E-state index contributed by atoms with van der Waals surface area (Å²) < 4.78 is 0. The van der Waals surface area contributed by atoms with Crippen LogP contribution in [0.1, 0.15) is 19.3 Å². The van der Waals surface area contributed by atoms with Crippen molar-refractivity contribution in [2.45, 2.75) is 36.2 Å². The van der Waals surface area contributed by atoms with Crippen LogP contribution in [0, 0.1) is 0 Å². The van der Waals surface area contributed by atoms with E-state index >= 15 is 0 Å². The van der Waals surface area contributed by atoms with E-state index in [0.717, 1.165) is 24.4 Å². The number of carbonyl (C=O) groups is 1. The molecule has 0 aromatic carbocycles. The lowest BCUT2D eigenvalue weighted by Crippen LogP contribution is -2.39. The average molecular weight is 277 g/mol. The van der Waals surface area contributed by atoms with Crippen LogP contribution in [-0.4, -0.2) is 46.7 Å². The lowest BCUT2D eigenvalue weighted by Gasteiger charge is -2.24. The predicted molar refractivity (Wildman–Crippen MR) is 76.1 cm³/mol. The zero-order valence-electron chi connectivity index (χ0n) is 10.9. The number of likely N-dealkylation sites (tertiary alicyclic amines) is 1. The highest BCUT2D eigenvalue weighted by Gasteiger charge is 2.30. The van der Waals surface area contributed by atoms with Gasteiger partial charge in [0.2, 0.25) is 5.91 Å². The van der Waals surface area contributed by atoms with Crippen LogP contribution in [0.2, 0.25) is 0 Å². The number of nitrogens with one attached hydrogen (secondary N) is 1. The van der Waals surface area contributed by atoms with Crippen LogP contribution < -0.4 is 5.32 Å². The molecule has 1 aromatic rings. The van der Waals surface area contributed by atoms with Crippen molar-refractivity contribution < 1.29 is 4.79 Å². The molecule has 2 fully saturated rings. The largest absolute Gasteiger partial charge is 0.340 e. The van der Waals surface area contributed by atoms with Gasteiger partial charge in [0.15, 0.2) is 0 Å². The molecule has 1 N–H and O–H groups in total. The first-order valence-electron chi connectivity index (χ1n) is 6.88. The van der Waals surface area contributed by atoms with E-state index in [1.54, 1.807) is 24.2 Å². The summed E-state index contributed by atoms with van der Waals surface area (Å²) in [6.45, 7) is 1.79. The van der Waals surface area contributed by atoms with E-state index < -0.39 is 0 Å². The van der Waals surface area contributed by atoms with Gasteiger partial charge >= 0.3 is 0 Å². The Balaban J connectivity index is 1.52. The first kappa shape index (κ1) is 12.9. The van der Waals surface area contributed by atoms with Crippen molar-refractivity contribution in [1.82, 2.24) is 15.2 Å². The normalized spacial score (nSPS) is 26.2. The van der Waals surface area contributed by atoms with Gasteiger partial charge in [-0.2, -0.15) is 0 Å². The molecular formula is C14H19N3OS.